The first kappa shape index (κ1) is 20.5. The van der Waals surface area contributed by atoms with E-state index >= 15 is 4.39 Å². The summed E-state index contributed by atoms with van der Waals surface area (Å²) in [6.45, 7) is -0.664. The smallest absolute Gasteiger partial charge is 0.258 e. The molecule has 2 aliphatic rings. The Labute approximate surface area is 218 Å². The molecule has 0 bridgehead atoms. The monoisotopic (exact) mass is 532 g/mol. The molecule has 1 saturated heterocycles. The molecule has 2 amide bonds. The van der Waals surface area contributed by atoms with Crippen molar-refractivity contribution < 1.29 is 27.2 Å². The maximum Gasteiger partial charge on any atom is 0.258 e. The Hall–Kier alpha value is -3.68. The number of nitriles is 1. The summed E-state index contributed by atoms with van der Waals surface area (Å²) in [5, 5.41) is 9.60. The molecule has 2 aliphatic heterocycles. The van der Waals surface area contributed by atoms with Gasteiger partial charge < -0.3 is 20.3 Å². The number of hydrogen-bond acceptors (Lipinski definition) is 6. The van der Waals surface area contributed by atoms with Crippen LogP contribution in [0.25, 0.3) is 21.2 Å². The highest BCUT2D eigenvalue weighted by Gasteiger charge is 2.37. The van der Waals surface area contributed by atoms with Crippen LogP contribution in [0.1, 0.15) is 26.5 Å². The average molecular weight is 533 g/mol. The molecule has 0 radical (unpaired) electrons. The van der Waals surface area contributed by atoms with Crippen molar-refractivity contribution in [3.63, 3.8) is 0 Å². The SMILES string of the molecule is [2H]C([2H])=C([2H])[13C](=O)N1CCN2C(=O)c3cc(F)c(-c4ccc(F)c5sc(N)c(C#N)c45)c(Cl)c3OCC[C@H]2C1. The van der Waals surface area contributed by atoms with Gasteiger partial charge in [-0.15, -0.1) is 11.3 Å². The van der Waals surface area contributed by atoms with Gasteiger partial charge >= 0.3 is 0 Å². The molecule has 1 atom stereocenters. The molecule has 0 saturated carbocycles. The van der Waals surface area contributed by atoms with E-state index < -0.39 is 42.1 Å². The lowest BCUT2D eigenvalue weighted by molar-refractivity contribution is -0.128. The number of thiophene rings is 1. The number of anilines is 1. The number of fused-ring (bicyclic) bond motifs is 3. The van der Waals surface area contributed by atoms with Crippen LogP contribution < -0.4 is 10.5 Å². The first-order valence-corrected chi connectivity index (χ1v) is 12.0. The van der Waals surface area contributed by atoms with E-state index in [9.17, 15) is 19.2 Å². The van der Waals surface area contributed by atoms with Crippen LogP contribution in [-0.4, -0.2) is 53.9 Å². The van der Waals surface area contributed by atoms with E-state index in [1.54, 1.807) is 0 Å². The average Bonchev–Trinajstić information content (AvgIpc) is 3.25. The number of hydrogen-bond donors (Lipinski definition) is 1. The first-order chi connectivity index (χ1) is 18.5. The van der Waals surface area contributed by atoms with Crippen molar-refractivity contribution in [1.29, 1.82) is 5.26 Å². The van der Waals surface area contributed by atoms with E-state index in [1.807, 2.05) is 6.07 Å². The van der Waals surface area contributed by atoms with Crippen LogP contribution in [0.2, 0.25) is 5.02 Å². The number of nitrogens with two attached hydrogens (primary N) is 1. The molecule has 0 unspecified atom stereocenters. The highest BCUT2D eigenvalue weighted by atomic mass is 35.5. The van der Waals surface area contributed by atoms with Crippen molar-refractivity contribution in [3.8, 4) is 22.9 Å². The molecule has 3 heterocycles. The second-order valence-corrected chi connectivity index (χ2v) is 9.77. The minimum Gasteiger partial charge on any atom is -0.491 e. The minimum atomic E-state index is -0.903. The molecule has 2 N–H and O–H groups in total. The molecule has 3 aromatic rings. The van der Waals surface area contributed by atoms with Crippen molar-refractivity contribution in [3.05, 3.63) is 58.6 Å². The molecule has 0 spiro atoms. The van der Waals surface area contributed by atoms with E-state index in [1.165, 1.54) is 15.9 Å². The van der Waals surface area contributed by atoms with Crippen LogP contribution in [0, 0.1) is 23.0 Å². The van der Waals surface area contributed by atoms with Gasteiger partial charge in [-0.2, -0.15) is 5.26 Å². The number of amides is 2. The molecule has 0 aliphatic carbocycles. The summed E-state index contributed by atoms with van der Waals surface area (Å²) < 4.78 is 58.3. The van der Waals surface area contributed by atoms with Crippen molar-refractivity contribution >= 4 is 49.8 Å². The van der Waals surface area contributed by atoms with E-state index in [-0.39, 0.29) is 80.8 Å². The molecule has 1 aromatic heterocycles. The maximum atomic E-state index is 15.7. The zero-order valence-electron chi connectivity index (χ0n) is 21.5. The number of benzene rings is 2. The van der Waals surface area contributed by atoms with Gasteiger partial charge in [-0.1, -0.05) is 24.2 Å². The van der Waals surface area contributed by atoms with Gasteiger partial charge in [0.15, 0.2) is 5.75 Å². The summed E-state index contributed by atoms with van der Waals surface area (Å²) in [5.74, 6) is -2.91. The van der Waals surface area contributed by atoms with Crippen LogP contribution >= 0.6 is 22.9 Å². The second-order valence-electron chi connectivity index (χ2n) is 8.34. The number of carbonyl (C=O) groups is 2. The largest absolute Gasteiger partial charge is 0.491 e. The third kappa shape index (κ3) is 3.67. The summed E-state index contributed by atoms with van der Waals surface area (Å²) in [6.07, 6.45) is 0.282. The summed E-state index contributed by atoms with van der Waals surface area (Å²) in [6, 6.07) is 4.09. The number of rotatable bonds is 2. The quantitative estimate of drug-likeness (QED) is 0.385. The molecule has 2 aromatic carbocycles. The van der Waals surface area contributed by atoms with Gasteiger partial charge in [-0.05, 0) is 23.7 Å². The highest BCUT2D eigenvalue weighted by Crippen LogP contribution is 2.47. The number of halogens is 3. The van der Waals surface area contributed by atoms with Crippen molar-refractivity contribution in [2.24, 2.45) is 0 Å². The summed E-state index contributed by atoms with van der Waals surface area (Å²) in [5.41, 5.74) is 5.75. The third-order valence-corrected chi connectivity index (χ3v) is 7.83. The number of carbonyl (C=O) groups excluding carboxylic acids is 2. The minimum absolute atomic E-state index is 0.00685. The zero-order valence-corrected chi connectivity index (χ0v) is 20.1. The fraction of sp³-hybridized carbons (Fsp3) is 0.240. The van der Waals surface area contributed by atoms with E-state index in [0.29, 0.717) is 0 Å². The Bertz CT molecular complexity index is 1640. The van der Waals surface area contributed by atoms with Crippen LogP contribution in [0.15, 0.2) is 30.8 Å². The van der Waals surface area contributed by atoms with Crippen LogP contribution in [0.4, 0.5) is 13.8 Å². The number of ether oxygens (including phenoxy) is 1. The van der Waals surface area contributed by atoms with Gasteiger partial charge in [0.2, 0.25) is 5.91 Å². The summed E-state index contributed by atoms with van der Waals surface area (Å²) in [7, 11) is 0. The number of nitrogens with zero attached hydrogens (tertiary/aromatic N) is 3. The van der Waals surface area contributed by atoms with Crippen molar-refractivity contribution in [2.75, 3.05) is 32.0 Å². The zero-order chi connectivity index (χ0) is 28.2. The lowest BCUT2D eigenvalue weighted by Crippen LogP contribution is -2.57. The fourth-order valence-electron chi connectivity index (χ4n) is 4.74. The van der Waals surface area contributed by atoms with Crippen LogP contribution in [0.5, 0.6) is 5.75 Å². The molecule has 11 heteroatoms. The standard InChI is InChI=1S/C25H19ClF2N4O3S/c1-2-18(33)31-6-7-32-12(11-31)5-8-35-22-14(25(32)34)9-17(28)20(21(22)26)13-3-4-16(27)23-19(13)15(10-29)24(30)36-23/h2-4,9,12H,1,5-8,11,30H2/t12-/m0/s1/i1D2,2D,18+1. The Kier molecular flexibility index (Phi) is 5.17. The van der Waals surface area contributed by atoms with Gasteiger partial charge in [0, 0.05) is 37.0 Å². The lowest BCUT2D eigenvalue weighted by Gasteiger charge is -2.42. The van der Waals surface area contributed by atoms with Gasteiger partial charge in [-0.25, -0.2) is 8.78 Å². The normalized spacial score (nSPS) is 18.6. The Morgan fingerprint density at radius 1 is 1.39 bits per heavy atom. The third-order valence-electron chi connectivity index (χ3n) is 6.44. The predicted octanol–water partition coefficient (Wildman–Crippen LogP) is 4.58. The Morgan fingerprint density at radius 2 is 2.19 bits per heavy atom. The Balaban J connectivity index is 1.56. The number of piperazine rings is 1. The van der Waals surface area contributed by atoms with Gasteiger partial charge in [0.05, 0.1) is 37.6 Å². The fourth-order valence-corrected chi connectivity index (χ4v) is 6.04. The van der Waals surface area contributed by atoms with E-state index in [2.05, 4.69) is 0 Å². The molecule has 184 valence electrons. The molecular weight excluding hydrogens is 511 g/mol. The molecule has 36 heavy (non-hydrogen) atoms. The highest BCUT2D eigenvalue weighted by molar-refractivity contribution is 7.23. The van der Waals surface area contributed by atoms with Gasteiger partial charge in [0.25, 0.3) is 5.91 Å². The molecule has 5 rings (SSSR count). The Morgan fingerprint density at radius 3 is 2.94 bits per heavy atom. The van der Waals surface area contributed by atoms with Gasteiger partial charge in [0.1, 0.15) is 22.7 Å². The number of nitrogen functional groups attached to an aromatic ring is 1. The maximum absolute atomic E-state index is 15.7. The summed E-state index contributed by atoms with van der Waals surface area (Å²) in [4.78, 5) is 28.8. The molecular formula is C25H19ClF2N4O3S. The summed E-state index contributed by atoms with van der Waals surface area (Å²) >= 11 is 7.51. The molecule has 1 fully saturated rings. The molecule has 7 nitrogen and oxygen atoms in total. The van der Waals surface area contributed by atoms with Crippen LogP contribution in [0.3, 0.4) is 0 Å². The first-order valence-electron chi connectivity index (χ1n) is 12.3. The predicted molar refractivity (Wildman–Crippen MR) is 133 cm³/mol. The van der Waals surface area contributed by atoms with E-state index in [4.69, 9.17) is 26.2 Å². The lowest BCUT2D eigenvalue weighted by atomic mass is 9.95. The van der Waals surface area contributed by atoms with Crippen molar-refractivity contribution in [1.82, 2.24) is 9.80 Å². The second kappa shape index (κ2) is 9.08. The van der Waals surface area contributed by atoms with E-state index in [0.717, 1.165) is 23.5 Å². The van der Waals surface area contributed by atoms with Crippen LogP contribution in [-0.2, 0) is 4.79 Å². The topological polar surface area (TPSA) is 99.7 Å². The van der Waals surface area contributed by atoms with Gasteiger partial charge in [-0.3, -0.25) is 9.59 Å². The van der Waals surface area contributed by atoms with Crippen molar-refractivity contribution in [2.45, 2.75) is 12.5 Å².